The lowest BCUT2D eigenvalue weighted by Crippen LogP contribution is -2.23. The van der Waals surface area contributed by atoms with Crippen LogP contribution in [0.15, 0.2) is 29.6 Å². The molecule has 2 aromatic rings. The molecule has 0 spiro atoms. The molecule has 20 heavy (non-hydrogen) atoms. The van der Waals surface area contributed by atoms with Crippen LogP contribution in [0.25, 0.3) is 10.6 Å². The SMILES string of the molecule is C[C@@H](c1ccc(-c2nc(CO)cs2)cc1)N1CCCC1. The van der Waals surface area contributed by atoms with Gasteiger partial charge in [-0.05, 0) is 38.4 Å². The second-order valence-corrected chi connectivity index (χ2v) is 6.20. The first-order valence-corrected chi connectivity index (χ1v) is 8.05. The summed E-state index contributed by atoms with van der Waals surface area (Å²) < 4.78 is 0. The Morgan fingerprint density at radius 2 is 1.95 bits per heavy atom. The summed E-state index contributed by atoms with van der Waals surface area (Å²) in [6, 6.07) is 9.19. The predicted molar refractivity (Wildman–Crippen MR) is 82.7 cm³/mol. The van der Waals surface area contributed by atoms with E-state index in [4.69, 9.17) is 5.11 Å². The van der Waals surface area contributed by atoms with E-state index in [1.165, 1.54) is 31.5 Å². The Balaban J connectivity index is 1.76. The van der Waals surface area contributed by atoms with E-state index in [1.54, 1.807) is 11.3 Å². The number of rotatable bonds is 4. The van der Waals surface area contributed by atoms with Gasteiger partial charge in [0.2, 0.25) is 0 Å². The average molecular weight is 288 g/mol. The largest absolute Gasteiger partial charge is 0.390 e. The summed E-state index contributed by atoms with van der Waals surface area (Å²) in [6.07, 6.45) is 2.65. The number of aliphatic hydroxyl groups is 1. The van der Waals surface area contributed by atoms with Gasteiger partial charge in [0.25, 0.3) is 0 Å². The molecule has 3 nitrogen and oxygen atoms in total. The second-order valence-electron chi connectivity index (χ2n) is 5.34. The van der Waals surface area contributed by atoms with Crippen LogP contribution in [0.1, 0.15) is 37.1 Å². The van der Waals surface area contributed by atoms with E-state index in [0.29, 0.717) is 6.04 Å². The highest BCUT2D eigenvalue weighted by molar-refractivity contribution is 7.13. The first-order chi connectivity index (χ1) is 9.78. The predicted octanol–water partition coefficient (Wildman–Crippen LogP) is 3.46. The van der Waals surface area contributed by atoms with Gasteiger partial charge in [-0.25, -0.2) is 4.98 Å². The number of likely N-dealkylation sites (tertiary alicyclic amines) is 1. The van der Waals surface area contributed by atoms with Crippen LogP contribution in [-0.4, -0.2) is 28.1 Å². The van der Waals surface area contributed by atoms with Crippen LogP contribution in [0.3, 0.4) is 0 Å². The van der Waals surface area contributed by atoms with Crippen molar-refractivity contribution in [1.29, 1.82) is 0 Å². The van der Waals surface area contributed by atoms with Crippen LogP contribution in [-0.2, 0) is 6.61 Å². The highest BCUT2D eigenvalue weighted by Gasteiger charge is 2.19. The molecule has 1 fully saturated rings. The average Bonchev–Trinajstić information content (AvgIpc) is 3.18. The van der Waals surface area contributed by atoms with Gasteiger partial charge in [0.15, 0.2) is 0 Å². The monoisotopic (exact) mass is 288 g/mol. The minimum absolute atomic E-state index is 0.0145. The molecule has 0 unspecified atom stereocenters. The molecule has 1 aliphatic heterocycles. The maximum Gasteiger partial charge on any atom is 0.123 e. The maximum atomic E-state index is 9.07. The molecule has 0 radical (unpaired) electrons. The normalized spacial score (nSPS) is 17.5. The molecule has 0 aliphatic carbocycles. The summed E-state index contributed by atoms with van der Waals surface area (Å²) in [6.45, 7) is 4.73. The quantitative estimate of drug-likeness (QED) is 0.936. The smallest absolute Gasteiger partial charge is 0.123 e. The van der Waals surface area contributed by atoms with Crippen LogP contribution < -0.4 is 0 Å². The Morgan fingerprint density at radius 1 is 1.25 bits per heavy atom. The zero-order chi connectivity index (χ0) is 13.9. The van der Waals surface area contributed by atoms with Gasteiger partial charge in [-0.15, -0.1) is 11.3 Å². The lowest BCUT2D eigenvalue weighted by Gasteiger charge is -2.24. The number of thiazole rings is 1. The van der Waals surface area contributed by atoms with E-state index in [9.17, 15) is 0 Å². The van der Waals surface area contributed by atoms with E-state index in [2.05, 4.69) is 41.1 Å². The Hall–Kier alpha value is -1.23. The third kappa shape index (κ3) is 2.77. The first-order valence-electron chi connectivity index (χ1n) is 7.17. The molecule has 1 atom stereocenters. The molecule has 0 amide bonds. The topological polar surface area (TPSA) is 36.4 Å². The number of benzene rings is 1. The third-order valence-electron chi connectivity index (χ3n) is 4.04. The van der Waals surface area contributed by atoms with Crippen molar-refractivity contribution in [1.82, 2.24) is 9.88 Å². The highest BCUT2D eigenvalue weighted by atomic mass is 32.1. The van der Waals surface area contributed by atoms with Crippen LogP contribution in [0.2, 0.25) is 0 Å². The van der Waals surface area contributed by atoms with Gasteiger partial charge in [-0.1, -0.05) is 24.3 Å². The summed E-state index contributed by atoms with van der Waals surface area (Å²) in [5.74, 6) is 0. The molecule has 3 rings (SSSR count). The van der Waals surface area contributed by atoms with Gasteiger partial charge in [0.1, 0.15) is 5.01 Å². The fourth-order valence-electron chi connectivity index (χ4n) is 2.76. The molecule has 106 valence electrons. The fourth-order valence-corrected chi connectivity index (χ4v) is 3.57. The molecule has 1 saturated heterocycles. The summed E-state index contributed by atoms with van der Waals surface area (Å²) in [7, 11) is 0. The highest BCUT2D eigenvalue weighted by Crippen LogP contribution is 2.28. The summed E-state index contributed by atoms with van der Waals surface area (Å²) in [5, 5.41) is 12.0. The van der Waals surface area contributed by atoms with E-state index in [1.807, 2.05) is 5.38 Å². The maximum absolute atomic E-state index is 9.07. The van der Waals surface area contributed by atoms with Crippen molar-refractivity contribution < 1.29 is 5.11 Å². The number of aromatic nitrogens is 1. The standard InChI is InChI=1S/C16H20N2OS/c1-12(18-8-2-3-9-18)13-4-6-14(7-5-13)16-17-15(10-19)11-20-16/h4-7,11-12,19H,2-3,8-10H2,1H3/t12-/m0/s1. The number of hydrogen-bond donors (Lipinski definition) is 1. The lowest BCUT2D eigenvalue weighted by molar-refractivity contribution is 0.263. The van der Waals surface area contributed by atoms with Gasteiger partial charge < -0.3 is 5.11 Å². The number of hydrogen-bond acceptors (Lipinski definition) is 4. The molecule has 2 heterocycles. The number of aliphatic hydroxyl groups excluding tert-OH is 1. The van der Waals surface area contributed by atoms with E-state index < -0.39 is 0 Å². The summed E-state index contributed by atoms with van der Waals surface area (Å²) in [5.41, 5.74) is 3.25. The minimum atomic E-state index is 0.0145. The molecular weight excluding hydrogens is 268 g/mol. The van der Waals surface area contributed by atoms with Crippen LogP contribution in [0.4, 0.5) is 0 Å². The van der Waals surface area contributed by atoms with Gasteiger partial charge in [0.05, 0.1) is 12.3 Å². The van der Waals surface area contributed by atoms with E-state index in [0.717, 1.165) is 16.3 Å². The Labute approximate surface area is 123 Å². The van der Waals surface area contributed by atoms with Crippen molar-refractivity contribution in [3.8, 4) is 10.6 Å². The molecule has 0 bridgehead atoms. The van der Waals surface area contributed by atoms with Crippen molar-refractivity contribution in [3.05, 3.63) is 40.9 Å². The van der Waals surface area contributed by atoms with Gasteiger partial charge >= 0.3 is 0 Å². The summed E-state index contributed by atoms with van der Waals surface area (Å²) in [4.78, 5) is 6.95. The molecule has 1 N–H and O–H groups in total. The molecule has 0 saturated carbocycles. The Morgan fingerprint density at radius 3 is 2.55 bits per heavy atom. The van der Waals surface area contributed by atoms with Crippen molar-refractivity contribution >= 4 is 11.3 Å². The van der Waals surface area contributed by atoms with Gasteiger partial charge in [-0.2, -0.15) is 0 Å². The fraction of sp³-hybridized carbons (Fsp3) is 0.438. The molecular formula is C16H20N2OS. The molecule has 4 heteroatoms. The molecule has 1 aliphatic rings. The van der Waals surface area contributed by atoms with Crippen molar-refractivity contribution in [2.24, 2.45) is 0 Å². The zero-order valence-corrected chi connectivity index (χ0v) is 12.6. The van der Waals surface area contributed by atoms with Crippen molar-refractivity contribution in [3.63, 3.8) is 0 Å². The molecule has 1 aromatic carbocycles. The van der Waals surface area contributed by atoms with Gasteiger partial charge in [-0.3, -0.25) is 4.90 Å². The second kappa shape index (κ2) is 6.04. The van der Waals surface area contributed by atoms with Crippen molar-refractivity contribution in [2.45, 2.75) is 32.4 Å². The lowest BCUT2D eigenvalue weighted by atomic mass is 10.1. The van der Waals surface area contributed by atoms with E-state index >= 15 is 0 Å². The van der Waals surface area contributed by atoms with Crippen LogP contribution >= 0.6 is 11.3 Å². The molecule has 1 aromatic heterocycles. The third-order valence-corrected chi connectivity index (χ3v) is 4.98. The van der Waals surface area contributed by atoms with E-state index in [-0.39, 0.29) is 6.61 Å². The van der Waals surface area contributed by atoms with Crippen LogP contribution in [0, 0.1) is 0 Å². The van der Waals surface area contributed by atoms with Crippen LogP contribution in [0.5, 0.6) is 0 Å². The van der Waals surface area contributed by atoms with Gasteiger partial charge in [0, 0.05) is 17.0 Å². The summed E-state index contributed by atoms with van der Waals surface area (Å²) >= 11 is 1.59. The first kappa shape index (κ1) is 13.7. The number of nitrogens with zero attached hydrogens (tertiary/aromatic N) is 2. The Bertz CT molecular complexity index is 558. The minimum Gasteiger partial charge on any atom is -0.390 e. The van der Waals surface area contributed by atoms with Crippen molar-refractivity contribution in [2.75, 3.05) is 13.1 Å². The zero-order valence-electron chi connectivity index (χ0n) is 11.7. The Kier molecular flexibility index (Phi) is 4.15.